The summed E-state index contributed by atoms with van der Waals surface area (Å²) in [6.07, 6.45) is 8.80. The molecule has 0 aliphatic carbocycles. The molecule has 8 heteroatoms. The Bertz CT molecular complexity index is 468. The Hall–Kier alpha value is 0.920. The van der Waals surface area contributed by atoms with Crippen molar-refractivity contribution in [1.29, 1.82) is 0 Å². The van der Waals surface area contributed by atoms with Crippen molar-refractivity contribution in [1.82, 2.24) is 0 Å². The van der Waals surface area contributed by atoms with E-state index in [1.54, 1.807) is 0 Å². The van der Waals surface area contributed by atoms with Gasteiger partial charge in [0.25, 0.3) is 0 Å². The first-order chi connectivity index (χ1) is 13.1. The zero-order valence-electron chi connectivity index (χ0n) is 15.5. The molecule has 0 aromatic heterocycles. The number of carbonyl (C=O) groups excluding carboxylic acids is 2. The summed E-state index contributed by atoms with van der Waals surface area (Å²) in [7, 11) is 0. The van der Waals surface area contributed by atoms with Crippen LogP contribution in [-0.2, 0) is 9.59 Å². The molecule has 2 aliphatic rings. The molecule has 152 valence electrons. The summed E-state index contributed by atoms with van der Waals surface area (Å²) in [5.41, 5.74) is 0. The summed E-state index contributed by atoms with van der Waals surface area (Å²) in [5, 5.41) is 1.70. The molecule has 2 rings (SSSR count). The first kappa shape index (κ1) is 24.2. The van der Waals surface area contributed by atoms with Crippen LogP contribution in [0.1, 0.15) is 32.1 Å². The van der Waals surface area contributed by atoms with Crippen molar-refractivity contribution in [3.63, 3.8) is 0 Å². The van der Waals surface area contributed by atoms with Crippen molar-refractivity contribution >= 4 is 80.8 Å². The molecule has 0 N–H and O–H groups in total. The molecule has 0 amide bonds. The number of carbonyl (C=O) groups is 2. The van der Waals surface area contributed by atoms with Gasteiger partial charge >= 0.3 is 0 Å². The molecule has 2 nitrogen and oxygen atoms in total. The van der Waals surface area contributed by atoms with Crippen molar-refractivity contribution in [3.8, 4) is 0 Å². The fourth-order valence-corrected chi connectivity index (χ4v) is 11.6. The van der Waals surface area contributed by atoms with Crippen molar-refractivity contribution < 1.29 is 9.59 Å². The van der Waals surface area contributed by atoms with E-state index in [1.807, 2.05) is 0 Å². The van der Waals surface area contributed by atoms with E-state index >= 15 is 0 Å². The van der Waals surface area contributed by atoms with E-state index in [4.69, 9.17) is 0 Å². The maximum Gasteiger partial charge on any atom is 0.211 e. The van der Waals surface area contributed by atoms with Crippen LogP contribution in [0, 0.1) is 0 Å². The molecule has 0 bridgehead atoms. The molecule has 27 heavy (non-hydrogen) atoms. The molecule has 0 radical (unpaired) electrons. The first-order valence-corrected chi connectivity index (χ1v) is 15.2. The Morgan fingerprint density at radius 2 is 1.30 bits per heavy atom. The van der Waals surface area contributed by atoms with Gasteiger partial charge in [0.15, 0.2) is 0 Å². The first-order valence-electron chi connectivity index (χ1n) is 9.23. The Morgan fingerprint density at radius 3 is 1.70 bits per heavy atom. The number of thioether (sulfide) groups is 6. The van der Waals surface area contributed by atoms with Gasteiger partial charge in [-0.3, -0.25) is 9.59 Å². The largest absolute Gasteiger partial charge is 0.282 e. The monoisotopic (exact) mass is 480 g/mol. The van der Waals surface area contributed by atoms with Crippen LogP contribution in [-0.4, -0.2) is 52.9 Å². The lowest BCUT2D eigenvalue weighted by molar-refractivity contribution is -0.107. The Morgan fingerprint density at radius 1 is 0.852 bits per heavy atom. The maximum atomic E-state index is 11.2. The third-order valence-electron chi connectivity index (χ3n) is 4.17. The lowest BCUT2D eigenvalue weighted by Crippen LogP contribution is -2.05. The van der Waals surface area contributed by atoms with Gasteiger partial charge in [-0.05, 0) is 44.3 Å². The number of rotatable bonds is 12. The second kappa shape index (κ2) is 14.0. The molecule has 0 saturated carbocycles. The van der Waals surface area contributed by atoms with Gasteiger partial charge in [0.1, 0.15) is 0 Å². The smallest absolute Gasteiger partial charge is 0.211 e. The van der Waals surface area contributed by atoms with E-state index in [9.17, 15) is 9.59 Å². The topological polar surface area (TPSA) is 34.1 Å². The van der Waals surface area contributed by atoms with Gasteiger partial charge in [0.2, 0.25) is 10.2 Å². The number of hydrogen-bond donors (Lipinski definition) is 0. The Labute approximate surface area is 189 Å². The molecule has 0 spiro atoms. The summed E-state index contributed by atoms with van der Waals surface area (Å²) in [6, 6.07) is 0. The molecule has 2 heterocycles. The van der Waals surface area contributed by atoms with Crippen LogP contribution >= 0.6 is 70.6 Å². The zero-order valence-corrected chi connectivity index (χ0v) is 20.4. The molecule has 2 fully saturated rings. The second-order valence-corrected chi connectivity index (χ2v) is 14.6. The molecule has 2 saturated heterocycles. The van der Waals surface area contributed by atoms with Gasteiger partial charge in [0, 0.05) is 33.5 Å². The summed E-state index contributed by atoms with van der Waals surface area (Å²) in [4.78, 5) is 22.4. The average Bonchev–Trinajstić information content (AvgIpc) is 3.31. The van der Waals surface area contributed by atoms with E-state index in [2.05, 4.69) is 60.2 Å². The highest BCUT2D eigenvalue weighted by atomic mass is 32.2. The van der Waals surface area contributed by atoms with Crippen LogP contribution in [0.4, 0.5) is 0 Å². The fraction of sp³-hybridized carbons (Fsp3) is 0.684. The highest BCUT2D eigenvalue weighted by Gasteiger charge is 2.32. The summed E-state index contributed by atoms with van der Waals surface area (Å²) in [5.74, 6) is 4.36. The SMILES string of the molecule is C=CC(=O)SCCCC1CSC(CC2SCC(CCCSC(=O)C=C)S2)S1. The van der Waals surface area contributed by atoms with Crippen LogP contribution in [0.25, 0.3) is 0 Å². The molecular formula is C19H28O2S6. The highest BCUT2D eigenvalue weighted by Crippen LogP contribution is 2.49. The van der Waals surface area contributed by atoms with Crippen LogP contribution in [0.3, 0.4) is 0 Å². The van der Waals surface area contributed by atoms with Gasteiger partial charge in [-0.2, -0.15) is 0 Å². The highest BCUT2D eigenvalue weighted by molar-refractivity contribution is 8.22. The Balaban J connectivity index is 1.52. The van der Waals surface area contributed by atoms with Crippen LogP contribution < -0.4 is 0 Å². The van der Waals surface area contributed by atoms with E-state index < -0.39 is 0 Å². The normalized spacial score (nSPS) is 27.6. The third kappa shape index (κ3) is 9.98. The second-order valence-electron chi connectivity index (χ2n) is 6.31. The third-order valence-corrected chi connectivity index (χ3v) is 12.9. The van der Waals surface area contributed by atoms with Crippen molar-refractivity contribution in [3.05, 3.63) is 25.3 Å². The minimum absolute atomic E-state index is 0.0945. The molecule has 4 atom stereocenters. The van der Waals surface area contributed by atoms with Crippen molar-refractivity contribution in [2.45, 2.75) is 51.8 Å². The number of hydrogen-bond acceptors (Lipinski definition) is 8. The fourth-order valence-electron chi connectivity index (χ4n) is 2.81. The van der Waals surface area contributed by atoms with Crippen LogP contribution in [0.15, 0.2) is 25.3 Å². The van der Waals surface area contributed by atoms with Gasteiger partial charge < -0.3 is 0 Å². The van der Waals surface area contributed by atoms with Gasteiger partial charge in [0.05, 0.1) is 9.16 Å². The lowest BCUT2D eigenvalue weighted by Gasteiger charge is -2.15. The molecule has 0 aromatic carbocycles. The zero-order chi connectivity index (χ0) is 19.5. The standard InChI is InChI=1S/C19H28O2S6/c1-3-16(20)22-9-5-7-14-12-24-18(26-14)11-19-25-13-15(27-19)8-6-10-23-17(21)4-2/h3-4,14-15,18-19H,1-2,5-13H2. The minimum Gasteiger partial charge on any atom is -0.282 e. The van der Waals surface area contributed by atoms with Crippen LogP contribution in [0.2, 0.25) is 0 Å². The summed E-state index contributed by atoms with van der Waals surface area (Å²) >= 11 is 11.4. The van der Waals surface area contributed by atoms with Crippen molar-refractivity contribution in [2.75, 3.05) is 23.0 Å². The summed E-state index contributed by atoms with van der Waals surface area (Å²) in [6.45, 7) is 7.02. The minimum atomic E-state index is 0.0945. The Kier molecular flexibility index (Phi) is 12.6. The van der Waals surface area contributed by atoms with E-state index in [0.29, 0.717) is 0 Å². The van der Waals surface area contributed by atoms with E-state index in [0.717, 1.165) is 44.0 Å². The molecular weight excluding hydrogens is 453 g/mol. The lowest BCUT2D eigenvalue weighted by atomic mass is 10.3. The maximum absolute atomic E-state index is 11.2. The van der Waals surface area contributed by atoms with Gasteiger partial charge in [-0.15, -0.1) is 47.0 Å². The van der Waals surface area contributed by atoms with E-state index in [1.165, 1.54) is 66.4 Å². The predicted molar refractivity (Wildman–Crippen MR) is 134 cm³/mol. The predicted octanol–water partition coefficient (Wildman–Crippen LogP) is 6.18. The van der Waals surface area contributed by atoms with Crippen LogP contribution in [0.5, 0.6) is 0 Å². The molecule has 2 aliphatic heterocycles. The molecule has 0 aromatic rings. The quantitative estimate of drug-likeness (QED) is 0.242. The van der Waals surface area contributed by atoms with Crippen molar-refractivity contribution in [2.24, 2.45) is 0 Å². The van der Waals surface area contributed by atoms with Gasteiger partial charge in [-0.1, -0.05) is 36.7 Å². The average molecular weight is 481 g/mol. The molecule has 4 unspecified atom stereocenters. The summed E-state index contributed by atoms with van der Waals surface area (Å²) < 4.78 is 1.48. The van der Waals surface area contributed by atoms with E-state index in [-0.39, 0.29) is 10.2 Å². The van der Waals surface area contributed by atoms with Gasteiger partial charge in [-0.25, -0.2) is 0 Å².